The minimum absolute atomic E-state index is 0.0982. The van der Waals surface area contributed by atoms with Crippen LogP contribution >= 0.6 is 0 Å². The normalized spacial score (nSPS) is 20.9. The Labute approximate surface area is 143 Å². The number of methoxy groups -OCH3 is 2. The Bertz CT molecular complexity index is 324. The lowest BCUT2D eigenvalue weighted by molar-refractivity contribution is -0.368. The van der Waals surface area contributed by atoms with Gasteiger partial charge in [-0.25, -0.2) is 9.80 Å². The lowest BCUT2D eigenvalue weighted by atomic mass is 10.3. The summed E-state index contributed by atoms with van der Waals surface area (Å²) in [4.78, 5) is 8.19. The van der Waals surface area contributed by atoms with Crippen LogP contribution in [0.15, 0.2) is 0 Å². The standard InChI is InChI=1S/C16H38N4O3/c1-13(21-11)19(9)15(3,17(5)6)23-16(4,18(7)8)20(10)14(2)22-12/h13-14H,1-12H3. The van der Waals surface area contributed by atoms with Gasteiger partial charge in [-0.3, -0.25) is 9.80 Å². The van der Waals surface area contributed by atoms with Crippen LogP contribution in [0.1, 0.15) is 27.7 Å². The third-order valence-electron chi connectivity index (χ3n) is 5.13. The third kappa shape index (κ3) is 4.85. The van der Waals surface area contributed by atoms with Crippen molar-refractivity contribution in [3.8, 4) is 0 Å². The lowest BCUT2D eigenvalue weighted by Gasteiger charge is -2.54. The van der Waals surface area contributed by atoms with Gasteiger partial charge in [0.1, 0.15) is 12.5 Å². The van der Waals surface area contributed by atoms with Crippen molar-refractivity contribution in [2.75, 3.05) is 56.5 Å². The second-order valence-corrected chi connectivity index (χ2v) is 6.65. The van der Waals surface area contributed by atoms with E-state index < -0.39 is 11.7 Å². The summed E-state index contributed by atoms with van der Waals surface area (Å²) in [5, 5.41) is 0. The first-order valence-electron chi connectivity index (χ1n) is 7.94. The van der Waals surface area contributed by atoms with Crippen molar-refractivity contribution >= 4 is 0 Å². The monoisotopic (exact) mass is 334 g/mol. The zero-order valence-electron chi connectivity index (χ0n) is 17.2. The van der Waals surface area contributed by atoms with Gasteiger partial charge in [-0.1, -0.05) is 0 Å². The highest BCUT2D eigenvalue weighted by molar-refractivity contribution is 4.81. The highest BCUT2D eigenvalue weighted by Crippen LogP contribution is 2.31. The SMILES string of the molecule is COC(C)N(C)C(C)(OC(C)(N(C)C)N(C)C(C)OC)N(C)C. The van der Waals surface area contributed by atoms with Gasteiger partial charge in [0.2, 0.25) is 0 Å². The van der Waals surface area contributed by atoms with Crippen LogP contribution in [0, 0.1) is 0 Å². The first-order chi connectivity index (χ1) is 10.4. The molecule has 7 nitrogen and oxygen atoms in total. The Morgan fingerprint density at radius 3 is 1.09 bits per heavy atom. The molecule has 0 aliphatic carbocycles. The third-order valence-corrected chi connectivity index (χ3v) is 5.13. The largest absolute Gasteiger partial charge is 0.367 e. The Kier molecular flexibility index (Phi) is 8.60. The maximum Gasteiger partial charge on any atom is 0.181 e. The van der Waals surface area contributed by atoms with Gasteiger partial charge in [0.15, 0.2) is 11.7 Å². The van der Waals surface area contributed by atoms with Crippen LogP contribution in [0.3, 0.4) is 0 Å². The zero-order valence-corrected chi connectivity index (χ0v) is 17.2. The molecule has 4 atom stereocenters. The fourth-order valence-electron chi connectivity index (χ4n) is 2.31. The Morgan fingerprint density at radius 1 is 0.652 bits per heavy atom. The minimum Gasteiger partial charge on any atom is -0.367 e. The van der Waals surface area contributed by atoms with Gasteiger partial charge < -0.3 is 14.2 Å². The van der Waals surface area contributed by atoms with Gasteiger partial charge in [-0.2, -0.15) is 0 Å². The second kappa shape index (κ2) is 8.71. The van der Waals surface area contributed by atoms with Crippen molar-refractivity contribution in [3.63, 3.8) is 0 Å². The molecule has 0 fully saturated rings. The summed E-state index contributed by atoms with van der Waals surface area (Å²) in [7, 11) is 15.4. The summed E-state index contributed by atoms with van der Waals surface area (Å²) in [6, 6.07) is 0. The molecule has 0 bridgehead atoms. The second-order valence-electron chi connectivity index (χ2n) is 6.65. The van der Waals surface area contributed by atoms with Crippen molar-refractivity contribution < 1.29 is 14.2 Å². The molecule has 0 aliphatic heterocycles. The highest BCUT2D eigenvalue weighted by atomic mass is 16.6. The molecule has 7 heteroatoms. The van der Waals surface area contributed by atoms with Crippen LogP contribution in [-0.2, 0) is 14.2 Å². The van der Waals surface area contributed by atoms with Crippen LogP contribution in [0.2, 0.25) is 0 Å². The van der Waals surface area contributed by atoms with Gasteiger partial charge in [0.25, 0.3) is 0 Å². The van der Waals surface area contributed by atoms with E-state index in [1.807, 2.05) is 79.8 Å². The number of hydrogen-bond acceptors (Lipinski definition) is 7. The average Bonchev–Trinajstić information content (AvgIpc) is 2.50. The first kappa shape index (κ1) is 22.7. The van der Waals surface area contributed by atoms with E-state index in [0.29, 0.717) is 0 Å². The molecule has 0 aromatic heterocycles. The van der Waals surface area contributed by atoms with E-state index in [2.05, 4.69) is 9.80 Å². The lowest BCUT2D eigenvalue weighted by Crippen LogP contribution is -2.69. The van der Waals surface area contributed by atoms with E-state index in [9.17, 15) is 0 Å². The van der Waals surface area contributed by atoms with Gasteiger partial charge in [-0.15, -0.1) is 0 Å². The predicted molar refractivity (Wildman–Crippen MR) is 93.7 cm³/mol. The van der Waals surface area contributed by atoms with E-state index in [4.69, 9.17) is 14.2 Å². The van der Waals surface area contributed by atoms with Crippen molar-refractivity contribution in [2.24, 2.45) is 0 Å². The van der Waals surface area contributed by atoms with E-state index in [0.717, 1.165) is 0 Å². The molecule has 0 aromatic rings. The Morgan fingerprint density at radius 2 is 0.913 bits per heavy atom. The molecule has 140 valence electrons. The summed E-state index contributed by atoms with van der Waals surface area (Å²) in [6.07, 6.45) is -0.196. The summed E-state index contributed by atoms with van der Waals surface area (Å²) in [5.74, 6) is -1.37. The van der Waals surface area contributed by atoms with Crippen LogP contribution in [0.4, 0.5) is 0 Å². The van der Waals surface area contributed by atoms with Crippen molar-refractivity contribution in [3.05, 3.63) is 0 Å². The molecule has 0 radical (unpaired) electrons. The maximum absolute atomic E-state index is 6.66. The molecule has 0 N–H and O–H groups in total. The van der Waals surface area contributed by atoms with Crippen LogP contribution in [-0.4, -0.2) is 100 Å². The molecule has 0 saturated heterocycles. The van der Waals surface area contributed by atoms with Crippen molar-refractivity contribution in [1.29, 1.82) is 0 Å². The first-order valence-corrected chi connectivity index (χ1v) is 7.94. The molecular weight excluding hydrogens is 296 g/mol. The fraction of sp³-hybridized carbons (Fsp3) is 1.00. The van der Waals surface area contributed by atoms with E-state index in [1.54, 1.807) is 14.2 Å². The molecule has 0 rings (SSSR count). The van der Waals surface area contributed by atoms with E-state index in [1.165, 1.54) is 0 Å². The number of hydrogen-bond donors (Lipinski definition) is 0. The maximum atomic E-state index is 6.66. The Balaban J connectivity index is 5.74. The molecule has 0 spiro atoms. The van der Waals surface area contributed by atoms with Gasteiger partial charge in [0, 0.05) is 14.2 Å². The minimum atomic E-state index is -0.684. The number of rotatable bonds is 10. The number of nitrogens with zero attached hydrogens (tertiary/aromatic N) is 4. The van der Waals surface area contributed by atoms with Gasteiger partial charge in [-0.05, 0) is 70.0 Å². The van der Waals surface area contributed by atoms with Crippen molar-refractivity contribution in [1.82, 2.24) is 19.6 Å². The topological polar surface area (TPSA) is 40.7 Å². The molecule has 4 unspecified atom stereocenters. The van der Waals surface area contributed by atoms with Crippen LogP contribution in [0.5, 0.6) is 0 Å². The van der Waals surface area contributed by atoms with Crippen LogP contribution < -0.4 is 0 Å². The van der Waals surface area contributed by atoms with Crippen molar-refractivity contribution in [2.45, 2.75) is 51.8 Å². The smallest absolute Gasteiger partial charge is 0.181 e. The molecule has 0 aromatic carbocycles. The molecule has 0 saturated carbocycles. The molecule has 0 amide bonds. The van der Waals surface area contributed by atoms with Crippen LogP contribution in [0.25, 0.3) is 0 Å². The van der Waals surface area contributed by atoms with Gasteiger partial charge in [0.05, 0.1) is 0 Å². The summed E-state index contributed by atoms with van der Waals surface area (Å²) in [6.45, 7) is 8.07. The Hall–Kier alpha value is -0.280. The fourth-order valence-corrected chi connectivity index (χ4v) is 2.31. The molecule has 0 heterocycles. The molecular formula is C16H38N4O3. The quantitative estimate of drug-likeness (QED) is 0.558. The van der Waals surface area contributed by atoms with E-state index >= 15 is 0 Å². The summed E-state index contributed by atoms with van der Waals surface area (Å²) in [5.41, 5.74) is 0. The molecule has 23 heavy (non-hydrogen) atoms. The van der Waals surface area contributed by atoms with Gasteiger partial charge >= 0.3 is 0 Å². The predicted octanol–water partition coefficient (Wildman–Crippen LogP) is 1.32. The number of ether oxygens (including phenoxy) is 3. The zero-order chi connectivity index (χ0) is 18.6. The summed E-state index contributed by atoms with van der Waals surface area (Å²) >= 11 is 0. The average molecular weight is 335 g/mol. The highest BCUT2D eigenvalue weighted by Gasteiger charge is 2.46. The van der Waals surface area contributed by atoms with E-state index in [-0.39, 0.29) is 12.5 Å². The molecule has 0 aliphatic rings. The summed E-state index contributed by atoms with van der Waals surface area (Å²) < 4.78 is 17.6.